The molecule has 4 rings (SSSR count). The second kappa shape index (κ2) is 16.2. The third-order valence-electron chi connectivity index (χ3n) is 7.22. The van der Waals surface area contributed by atoms with E-state index in [1.54, 1.807) is 48.5 Å². The van der Waals surface area contributed by atoms with Crippen molar-refractivity contribution < 1.29 is 38.9 Å². The van der Waals surface area contributed by atoms with Crippen molar-refractivity contribution in [2.45, 2.75) is 44.6 Å². The molecule has 1 aliphatic rings. The van der Waals surface area contributed by atoms with Gasteiger partial charge in [0.1, 0.15) is 25.3 Å². The molecule has 3 N–H and O–H groups in total. The van der Waals surface area contributed by atoms with Gasteiger partial charge in [-0.05, 0) is 35.2 Å². The van der Waals surface area contributed by atoms with Gasteiger partial charge < -0.3 is 29.9 Å². The summed E-state index contributed by atoms with van der Waals surface area (Å²) in [6, 6.07) is 23.0. The van der Waals surface area contributed by atoms with Crippen molar-refractivity contribution >= 4 is 29.6 Å². The Morgan fingerprint density at radius 1 is 0.818 bits per heavy atom. The number of hydrogen-bond donors (Lipinski definition) is 3. The van der Waals surface area contributed by atoms with Crippen LogP contribution in [-0.2, 0) is 43.5 Å². The van der Waals surface area contributed by atoms with Gasteiger partial charge in [-0.25, -0.2) is 14.5 Å². The average molecular weight is 604 g/mol. The number of anilines is 1. The van der Waals surface area contributed by atoms with E-state index < -0.39 is 36.0 Å². The van der Waals surface area contributed by atoms with Crippen LogP contribution in [-0.4, -0.2) is 77.4 Å². The molecule has 3 amide bonds. The lowest BCUT2D eigenvalue weighted by molar-refractivity contribution is -0.149. The van der Waals surface area contributed by atoms with Crippen molar-refractivity contribution in [3.63, 3.8) is 0 Å². The molecule has 0 spiro atoms. The Balaban J connectivity index is 1.47. The molecule has 0 radical (unpaired) electrons. The Morgan fingerprint density at radius 2 is 1.39 bits per heavy atom. The number of aliphatic hydroxyl groups excluding tert-OH is 2. The molecule has 1 fully saturated rings. The lowest BCUT2D eigenvalue weighted by Crippen LogP contribution is -2.52. The van der Waals surface area contributed by atoms with Crippen molar-refractivity contribution in [2.24, 2.45) is 0 Å². The van der Waals surface area contributed by atoms with E-state index in [0.717, 1.165) is 21.7 Å². The molecule has 3 aromatic rings. The minimum Gasteiger partial charge on any atom is -0.459 e. The molecule has 0 aromatic heterocycles. The maximum atomic E-state index is 13.5. The fraction of sp³-hybridized carbons (Fsp3) is 0.333. The molecule has 2 atom stereocenters. The molecule has 1 heterocycles. The number of hydrogen-bond acceptors (Lipinski definition) is 9. The fourth-order valence-corrected chi connectivity index (χ4v) is 4.93. The normalized spacial score (nSPS) is 15.0. The van der Waals surface area contributed by atoms with Gasteiger partial charge in [0.2, 0.25) is 11.8 Å². The molecule has 0 unspecified atom stereocenters. The van der Waals surface area contributed by atoms with Crippen molar-refractivity contribution in [1.29, 1.82) is 0 Å². The van der Waals surface area contributed by atoms with E-state index in [4.69, 9.17) is 9.47 Å². The SMILES string of the molecule is O=C(OCc1ccccc1)[C@H](Cc1ccc(N(CCO)CCO)cc1)NC(=O)[C@@H]1CCC(=O)N1C(=O)OCc1ccccc1. The summed E-state index contributed by atoms with van der Waals surface area (Å²) in [7, 11) is 0. The third kappa shape index (κ3) is 8.88. The summed E-state index contributed by atoms with van der Waals surface area (Å²) < 4.78 is 10.9. The van der Waals surface area contributed by atoms with E-state index in [2.05, 4.69) is 5.32 Å². The largest absolute Gasteiger partial charge is 0.459 e. The second-order valence-corrected chi connectivity index (χ2v) is 10.3. The second-order valence-electron chi connectivity index (χ2n) is 10.3. The van der Waals surface area contributed by atoms with Gasteiger partial charge in [0.15, 0.2) is 0 Å². The Bertz CT molecular complexity index is 1380. The lowest BCUT2D eigenvalue weighted by Gasteiger charge is -2.25. The number of ether oxygens (including phenoxy) is 2. The number of nitrogens with one attached hydrogen (secondary N) is 1. The fourth-order valence-electron chi connectivity index (χ4n) is 4.93. The lowest BCUT2D eigenvalue weighted by atomic mass is 10.0. The number of aliphatic hydroxyl groups is 2. The number of imide groups is 1. The summed E-state index contributed by atoms with van der Waals surface area (Å²) in [5.41, 5.74) is 3.00. The van der Waals surface area contributed by atoms with Crippen LogP contribution in [0.1, 0.15) is 29.5 Å². The summed E-state index contributed by atoms with van der Waals surface area (Å²) >= 11 is 0. The highest BCUT2D eigenvalue weighted by molar-refractivity contribution is 6.01. The summed E-state index contributed by atoms with van der Waals surface area (Å²) in [5, 5.41) is 21.4. The van der Waals surface area contributed by atoms with Crippen LogP contribution in [0.15, 0.2) is 84.9 Å². The van der Waals surface area contributed by atoms with Crippen LogP contribution >= 0.6 is 0 Å². The van der Waals surface area contributed by atoms with Crippen LogP contribution in [0.3, 0.4) is 0 Å². The molecule has 0 aliphatic carbocycles. The predicted molar refractivity (Wildman–Crippen MR) is 161 cm³/mol. The molecular formula is C33H37N3O8. The molecule has 3 aromatic carbocycles. The molecule has 11 nitrogen and oxygen atoms in total. The van der Waals surface area contributed by atoms with Crippen LogP contribution in [0, 0.1) is 0 Å². The zero-order valence-corrected chi connectivity index (χ0v) is 24.3. The van der Waals surface area contributed by atoms with Crippen LogP contribution in [0.4, 0.5) is 10.5 Å². The first kappa shape index (κ1) is 32.2. The smallest absolute Gasteiger partial charge is 0.417 e. The van der Waals surface area contributed by atoms with E-state index in [0.29, 0.717) is 18.7 Å². The average Bonchev–Trinajstić information content (AvgIpc) is 3.45. The van der Waals surface area contributed by atoms with Crippen LogP contribution < -0.4 is 10.2 Å². The van der Waals surface area contributed by atoms with E-state index in [9.17, 15) is 29.4 Å². The quantitative estimate of drug-likeness (QED) is 0.237. The maximum Gasteiger partial charge on any atom is 0.417 e. The van der Waals surface area contributed by atoms with E-state index in [1.807, 2.05) is 41.3 Å². The molecule has 0 saturated carbocycles. The van der Waals surface area contributed by atoms with Gasteiger partial charge in [-0.2, -0.15) is 0 Å². The molecule has 44 heavy (non-hydrogen) atoms. The minimum atomic E-state index is -1.14. The van der Waals surface area contributed by atoms with Crippen LogP contribution in [0.25, 0.3) is 0 Å². The Kier molecular flexibility index (Phi) is 11.8. The Labute approximate surface area is 256 Å². The molecule has 1 saturated heterocycles. The van der Waals surface area contributed by atoms with Crippen LogP contribution in [0.5, 0.6) is 0 Å². The van der Waals surface area contributed by atoms with Gasteiger partial charge in [-0.3, -0.25) is 9.59 Å². The van der Waals surface area contributed by atoms with Crippen molar-refractivity contribution in [1.82, 2.24) is 10.2 Å². The highest BCUT2D eigenvalue weighted by atomic mass is 16.6. The number of nitrogens with zero attached hydrogens (tertiary/aromatic N) is 2. The number of carbonyl (C=O) groups excluding carboxylic acids is 4. The number of likely N-dealkylation sites (tertiary alicyclic amines) is 1. The van der Waals surface area contributed by atoms with E-state index >= 15 is 0 Å². The number of rotatable bonds is 14. The monoisotopic (exact) mass is 603 g/mol. The number of esters is 1. The van der Waals surface area contributed by atoms with Gasteiger partial charge in [0, 0.05) is 31.6 Å². The van der Waals surface area contributed by atoms with Crippen LogP contribution in [0.2, 0.25) is 0 Å². The van der Waals surface area contributed by atoms with Gasteiger partial charge >= 0.3 is 12.1 Å². The summed E-state index contributed by atoms with van der Waals surface area (Å²) in [4.78, 5) is 54.9. The summed E-state index contributed by atoms with van der Waals surface area (Å²) in [6.45, 7) is 0.467. The zero-order valence-electron chi connectivity index (χ0n) is 24.3. The third-order valence-corrected chi connectivity index (χ3v) is 7.22. The predicted octanol–water partition coefficient (Wildman–Crippen LogP) is 2.58. The number of benzene rings is 3. The van der Waals surface area contributed by atoms with E-state index in [1.165, 1.54) is 0 Å². The van der Waals surface area contributed by atoms with Gasteiger partial charge in [-0.15, -0.1) is 0 Å². The highest BCUT2D eigenvalue weighted by Crippen LogP contribution is 2.22. The number of amides is 3. The van der Waals surface area contributed by atoms with Gasteiger partial charge in [-0.1, -0.05) is 72.8 Å². The van der Waals surface area contributed by atoms with Gasteiger partial charge in [0.05, 0.1) is 13.2 Å². The van der Waals surface area contributed by atoms with Crippen molar-refractivity contribution in [3.8, 4) is 0 Å². The summed E-state index contributed by atoms with van der Waals surface area (Å²) in [6.07, 6.45) is -0.761. The molecule has 1 aliphatic heterocycles. The zero-order chi connectivity index (χ0) is 31.3. The first-order valence-corrected chi connectivity index (χ1v) is 14.5. The topological polar surface area (TPSA) is 146 Å². The van der Waals surface area contributed by atoms with Crippen molar-refractivity contribution in [2.75, 3.05) is 31.2 Å². The molecule has 11 heteroatoms. The summed E-state index contributed by atoms with van der Waals surface area (Å²) in [5.74, 6) is -1.86. The van der Waals surface area contributed by atoms with Crippen molar-refractivity contribution in [3.05, 3.63) is 102 Å². The van der Waals surface area contributed by atoms with Gasteiger partial charge in [0.25, 0.3) is 0 Å². The maximum absolute atomic E-state index is 13.5. The standard InChI is InChI=1S/C33H37N3O8/c37-19-17-35(18-20-38)27-13-11-24(12-14-27)21-28(32(41)43-22-25-7-3-1-4-8-25)34-31(40)29-15-16-30(39)36(29)33(42)44-23-26-9-5-2-6-10-26/h1-14,28-29,37-38H,15-23H2,(H,34,40)/t28-,29-/m0/s1. The Morgan fingerprint density at radius 3 is 1.95 bits per heavy atom. The molecular weight excluding hydrogens is 566 g/mol. The molecule has 0 bridgehead atoms. The highest BCUT2D eigenvalue weighted by Gasteiger charge is 2.42. The first-order valence-electron chi connectivity index (χ1n) is 14.5. The molecule has 232 valence electrons. The Hall–Kier alpha value is -4.74. The van der Waals surface area contributed by atoms with E-state index in [-0.39, 0.29) is 45.7 Å². The first-order chi connectivity index (χ1) is 21.4. The minimum absolute atomic E-state index is 0.00210. The number of carbonyl (C=O) groups is 4.